The van der Waals surface area contributed by atoms with Crippen molar-refractivity contribution < 1.29 is 21.6 Å². The van der Waals surface area contributed by atoms with Gasteiger partial charge in [0.1, 0.15) is 10.7 Å². The van der Waals surface area contributed by atoms with Crippen molar-refractivity contribution in [3.63, 3.8) is 0 Å². The molecular weight excluding hydrogens is 485 g/mol. The molecule has 0 aliphatic carbocycles. The van der Waals surface area contributed by atoms with Crippen molar-refractivity contribution in [2.24, 2.45) is 0 Å². The molecule has 2 aliphatic heterocycles. The van der Waals surface area contributed by atoms with Crippen molar-refractivity contribution in [1.82, 2.24) is 9.27 Å². The first-order chi connectivity index (χ1) is 16.3. The van der Waals surface area contributed by atoms with Crippen LogP contribution in [0.25, 0.3) is 0 Å². The third kappa shape index (κ3) is 4.39. The van der Waals surface area contributed by atoms with Gasteiger partial charge in [-0.05, 0) is 67.0 Å². The van der Waals surface area contributed by atoms with E-state index in [1.54, 1.807) is 11.4 Å². The molecule has 0 atom stereocenters. The second-order valence-corrected chi connectivity index (χ2v) is 10.9. The largest absolute Gasteiger partial charge is 0.378 e. The molecule has 0 unspecified atom stereocenters. The van der Waals surface area contributed by atoms with Gasteiger partial charge in [0, 0.05) is 36.1 Å². The number of halogens is 3. The Labute approximate surface area is 200 Å². The second-order valence-electron chi connectivity index (χ2n) is 8.60. The number of benzene rings is 2. The predicted octanol–water partition coefficient (Wildman–Crippen LogP) is 5.10. The van der Waals surface area contributed by atoms with E-state index in [0.29, 0.717) is 24.2 Å². The lowest BCUT2D eigenvalue weighted by molar-refractivity contribution is 0.243. The summed E-state index contributed by atoms with van der Waals surface area (Å²) < 4.78 is 75.0. The van der Waals surface area contributed by atoms with Crippen molar-refractivity contribution in [3.8, 4) is 0 Å². The molecule has 3 aromatic rings. The van der Waals surface area contributed by atoms with Crippen LogP contribution in [0.4, 0.5) is 24.7 Å². The maximum absolute atomic E-state index is 14.8. The summed E-state index contributed by atoms with van der Waals surface area (Å²) >= 11 is 1.02. The summed E-state index contributed by atoms with van der Waals surface area (Å²) in [6.45, 7) is 0.547. The molecule has 2 aromatic carbocycles. The van der Waals surface area contributed by atoms with E-state index in [9.17, 15) is 21.6 Å². The summed E-state index contributed by atoms with van der Waals surface area (Å²) in [4.78, 5) is 1.58. The van der Waals surface area contributed by atoms with E-state index in [1.165, 1.54) is 12.1 Å². The van der Waals surface area contributed by atoms with Crippen LogP contribution in [-0.4, -0.2) is 29.8 Å². The molecule has 2 aliphatic rings. The van der Waals surface area contributed by atoms with Gasteiger partial charge in [-0.2, -0.15) is 4.37 Å². The third-order valence-electron chi connectivity index (χ3n) is 6.64. The van der Waals surface area contributed by atoms with E-state index >= 15 is 0 Å². The standard InChI is InChI=1S/C23H23F3N4O2S2/c24-18-3-1-2-14(13-30-15-4-5-16(30)7-6-15)17(18)12-27-19-8-9-20(23(26)22(19)25)34(31,32)29-21-10-11-33-28-21/h1-3,8-11,15-16,27H,4-7,12-13H2,(H,28,29). The SMILES string of the molecule is O=S(=O)(Nc1ccsn1)c1ccc(NCc2c(F)cccc2CN2C3CCC2CC3)c(F)c1F. The molecule has 2 fully saturated rings. The number of nitrogens with one attached hydrogen (secondary N) is 2. The molecule has 34 heavy (non-hydrogen) atoms. The monoisotopic (exact) mass is 508 g/mol. The second kappa shape index (κ2) is 9.20. The molecule has 11 heteroatoms. The van der Waals surface area contributed by atoms with Crippen molar-refractivity contribution in [2.45, 2.75) is 55.8 Å². The zero-order valence-corrected chi connectivity index (χ0v) is 19.7. The quantitative estimate of drug-likeness (QED) is 0.443. The van der Waals surface area contributed by atoms with Gasteiger partial charge in [-0.1, -0.05) is 12.1 Å². The average molecular weight is 509 g/mol. The summed E-state index contributed by atoms with van der Waals surface area (Å²) in [6, 6.07) is 9.41. The Morgan fingerprint density at radius 2 is 1.74 bits per heavy atom. The first kappa shape index (κ1) is 23.1. The number of fused-ring (bicyclic) bond motifs is 2. The van der Waals surface area contributed by atoms with E-state index < -0.39 is 32.4 Å². The molecule has 0 amide bonds. The minimum absolute atomic E-state index is 0.0190. The van der Waals surface area contributed by atoms with Crippen LogP contribution in [0.1, 0.15) is 36.8 Å². The minimum Gasteiger partial charge on any atom is -0.378 e. The molecule has 0 spiro atoms. The summed E-state index contributed by atoms with van der Waals surface area (Å²) in [5.41, 5.74) is 0.940. The van der Waals surface area contributed by atoms with Crippen molar-refractivity contribution in [2.75, 3.05) is 10.0 Å². The lowest BCUT2D eigenvalue weighted by atomic mass is 10.0. The fourth-order valence-corrected chi connectivity index (χ4v) is 6.54. The Bertz CT molecular complexity index is 1280. The van der Waals surface area contributed by atoms with Crippen LogP contribution in [0.15, 0.2) is 46.7 Å². The molecule has 1 aromatic heterocycles. The number of hydrogen-bond donors (Lipinski definition) is 2. The third-order valence-corrected chi connectivity index (χ3v) is 8.57. The maximum Gasteiger partial charge on any atom is 0.266 e. The Morgan fingerprint density at radius 3 is 2.41 bits per heavy atom. The highest BCUT2D eigenvalue weighted by molar-refractivity contribution is 7.92. The summed E-state index contributed by atoms with van der Waals surface area (Å²) in [7, 11) is -4.37. The fraction of sp³-hybridized carbons (Fsp3) is 0.348. The summed E-state index contributed by atoms with van der Waals surface area (Å²) in [6.07, 6.45) is 4.63. The first-order valence-electron chi connectivity index (χ1n) is 11.0. The minimum atomic E-state index is -4.37. The van der Waals surface area contributed by atoms with Crippen LogP contribution < -0.4 is 10.0 Å². The maximum atomic E-state index is 14.8. The average Bonchev–Trinajstić information content (AvgIpc) is 3.54. The number of anilines is 2. The van der Waals surface area contributed by atoms with E-state index in [4.69, 9.17) is 0 Å². The molecule has 0 saturated carbocycles. The van der Waals surface area contributed by atoms with E-state index in [1.807, 2.05) is 6.07 Å². The van der Waals surface area contributed by atoms with Gasteiger partial charge in [-0.3, -0.25) is 9.62 Å². The van der Waals surface area contributed by atoms with Crippen LogP contribution in [0.2, 0.25) is 0 Å². The first-order valence-corrected chi connectivity index (χ1v) is 13.3. The van der Waals surface area contributed by atoms with Gasteiger partial charge in [0.25, 0.3) is 10.0 Å². The lowest BCUT2D eigenvalue weighted by Gasteiger charge is -2.23. The highest BCUT2D eigenvalue weighted by Crippen LogP contribution is 2.39. The number of hydrogen-bond acceptors (Lipinski definition) is 6. The number of rotatable bonds is 8. The predicted molar refractivity (Wildman–Crippen MR) is 125 cm³/mol. The number of aromatic nitrogens is 1. The van der Waals surface area contributed by atoms with Gasteiger partial charge in [0.2, 0.25) is 0 Å². The number of nitrogens with zero attached hydrogens (tertiary/aromatic N) is 2. The van der Waals surface area contributed by atoms with Crippen LogP contribution in [-0.2, 0) is 23.1 Å². The Morgan fingerprint density at radius 1 is 1.00 bits per heavy atom. The van der Waals surface area contributed by atoms with Crippen LogP contribution >= 0.6 is 11.5 Å². The molecule has 2 bridgehead atoms. The molecule has 6 nitrogen and oxygen atoms in total. The van der Waals surface area contributed by atoms with Crippen LogP contribution in [0, 0.1) is 17.5 Å². The van der Waals surface area contributed by atoms with E-state index in [-0.39, 0.29) is 18.1 Å². The molecule has 5 rings (SSSR count). The highest BCUT2D eigenvalue weighted by Gasteiger charge is 2.39. The van der Waals surface area contributed by atoms with Gasteiger partial charge in [-0.15, -0.1) is 0 Å². The van der Waals surface area contributed by atoms with Gasteiger partial charge < -0.3 is 5.32 Å². The van der Waals surface area contributed by atoms with E-state index in [0.717, 1.165) is 54.9 Å². The van der Waals surface area contributed by atoms with Gasteiger partial charge >= 0.3 is 0 Å². The lowest BCUT2D eigenvalue weighted by Crippen LogP contribution is -2.28. The van der Waals surface area contributed by atoms with Gasteiger partial charge in [-0.25, -0.2) is 21.6 Å². The molecule has 2 N–H and O–H groups in total. The highest BCUT2D eigenvalue weighted by atomic mass is 32.2. The normalized spacial score (nSPS) is 20.1. The van der Waals surface area contributed by atoms with Gasteiger partial charge in [0.05, 0.1) is 5.69 Å². The zero-order chi connectivity index (χ0) is 23.9. The summed E-state index contributed by atoms with van der Waals surface area (Å²) in [5.74, 6) is -3.28. The van der Waals surface area contributed by atoms with Crippen molar-refractivity contribution in [1.29, 1.82) is 0 Å². The molecule has 180 valence electrons. The fourth-order valence-electron chi connectivity index (χ4n) is 4.94. The Hall–Kier alpha value is -2.63. The topological polar surface area (TPSA) is 74.3 Å². The Kier molecular flexibility index (Phi) is 6.26. The summed E-state index contributed by atoms with van der Waals surface area (Å²) in [5, 5.41) is 4.29. The molecule has 0 radical (unpaired) electrons. The number of sulfonamides is 1. The van der Waals surface area contributed by atoms with Crippen molar-refractivity contribution >= 4 is 33.1 Å². The molecule has 2 saturated heterocycles. The van der Waals surface area contributed by atoms with Crippen molar-refractivity contribution in [3.05, 3.63) is 70.4 Å². The molecule has 3 heterocycles. The molecular formula is C23H23F3N4O2S2. The Balaban J connectivity index is 1.34. The van der Waals surface area contributed by atoms with Crippen LogP contribution in [0.3, 0.4) is 0 Å². The smallest absolute Gasteiger partial charge is 0.266 e. The van der Waals surface area contributed by atoms with Crippen LogP contribution in [0.5, 0.6) is 0 Å². The van der Waals surface area contributed by atoms with Gasteiger partial charge in [0.15, 0.2) is 17.5 Å². The van der Waals surface area contributed by atoms with E-state index in [2.05, 4.69) is 19.3 Å². The zero-order valence-electron chi connectivity index (χ0n) is 18.1.